The van der Waals surface area contributed by atoms with Gasteiger partial charge in [0.05, 0.1) is 6.54 Å². The summed E-state index contributed by atoms with van der Waals surface area (Å²) in [4.78, 5) is 25.6. The SMILES string of the molecule is C=C(C)CN(CC)C(=O)COC(=O)c1ccc(Cn2cccn2)o1. The normalized spacial score (nSPS) is 10.4. The molecule has 7 nitrogen and oxygen atoms in total. The van der Waals surface area contributed by atoms with Crippen molar-refractivity contribution >= 4 is 11.9 Å². The van der Waals surface area contributed by atoms with Crippen molar-refractivity contribution in [3.05, 3.63) is 54.3 Å². The van der Waals surface area contributed by atoms with E-state index >= 15 is 0 Å². The van der Waals surface area contributed by atoms with Crippen LogP contribution in [0.1, 0.15) is 30.2 Å². The Bertz CT molecular complexity index is 703. The van der Waals surface area contributed by atoms with Crippen LogP contribution < -0.4 is 0 Å². The van der Waals surface area contributed by atoms with E-state index in [0.29, 0.717) is 25.4 Å². The summed E-state index contributed by atoms with van der Waals surface area (Å²) in [5, 5.41) is 4.06. The Morgan fingerprint density at radius 1 is 1.42 bits per heavy atom. The third kappa shape index (κ3) is 4.84. The minimum Gasteiger partial charge on any atom is -0.452 e. The van der Waals surface area contributed by atoms with E-state index in [1.54, 1.807) is 34.1 Å². The van der Waals surface area contributed by atoms with Gasteiger partial charge < -0.3 is 14.1 Å². The molecule has 0 saturated heterocycles. The predicted molar refractivity (Wildman–Crippen MR) is 87.4 cm³/mol. The van der Waals surface area contributed by atoms with Crippen LogP contribution in [-0.4, -0.2) is 46.3 Å². The molecule has 0 bridgehead atoms. The first-order valence-electron chi connectivity index (χ1n) is 7.65. The highest BCUT2D eigenvalue weighted by atomic mass is 16.5. The van der Waals surface area contributed by atoms with Gasteiger partial charge in [-0.3, -0.25) is 9.48 Å². The molecule has 0 spiro atoms. The molecule has 0 fully saturated rings. The van der Waals surface area contributed by atoms with Crippen LogP contribution >= 0.6 is 0 Å². The van der Waals surface area contributed by atoms with Crippen LogP contribution in [0.2, 0.25) is 0 Å². The smallest absolute Gasteiger partial charge is 0.374 e. The summed E-state index contributed by atoms with van der Waals surface area (Å²) < 4.78 is 12.1. The number of likely N-dealkylation sites (N-methyl/N-ethyl adjacent to an activating group) is 1. The molecule has 0 N–H and O–H groups in total. The molecule has 0 saturated carbocycles. The Labute approximate surface area is 140 Å². The lowest BCUT2D eigenvalue weighted by Crippen LogP contribution is -2.35. The Hall–Kier alpha value is -2.83. The molecule has 2 rings (SSSR count). The van der Waals surface area contributed by atoms with Crippen molar-refractivity contribution in [1.29, 1.82) is 0 Å². The van der Waals surface area contributed by atoms with Gasteiger partial charge in [-0.25, -0.2) is 4.79 Å². The lowest BCUT2D eigenvalue weighted by atomic mass is 10.3. The maximum absolute atomic E-state index is 12.0. The molecule has 0 aliphatic heterocycles. The largest absolute Gasteiger partial charge is 0.452 e. The summed E-state index contributed by atoms with van der Waals surface area (Å²) in [5.74, 6) is -0.291. The molecule has 1 amide bonds. The molecule has 0 atom stereocenters. The van der Waals surface area contributed by atoms with Crippen LogP contribution in [0.4, 0.5) is 0 Å². The summed E-state index contributed by atoms with van der Waals surface area (Å²) in [6, 6.07) is 5.00. The molecule has 2 heterocycles. The lowest BCUT2D eigenvalue weighted by Gasteiger charge is -2.20. The average Bonchev–Trinajstić information content (AvgIpc) is 3.22. The molecule has 2 aromatic rings. The fraction of sp³-hybridized carbons (Fsp3) is 0.353. The molecule has 0 aliphatic rings. The van der Waals surface area contributed by atoms with Crippen molar-refractivity contribution in [1.82, 2.24) is 14.7 Å². The molecule has 0 radical (unpaired) electrons. The highest BCUT2D eigenvalue weighted by molar-refractivity contribution is 5.88. The fourth-order valence-electron chi connectivity index (χ4n) is 2.12. The van der Waals surface area contributed by atoms with E-state index in [-0.39, 0.29) is 18.3 Å². The molecule has 7 heteroatoms. The number of ether oxygens (including phenoxy) is 1. The number of aromatic nitrogens is 2. The summed E-state index contributed by atoms with van der Waals surface area (Å²) in [6.07, 6.45) is 3.45. The Balaban J connectivity index is 1.87. The van der Waals surface area contributed by atoms with Crippen LogP contribution in [0.15, 0.2) is 47.2 Å². The van der Waals surface area contributed by atoms with Crippen molar-refractivity contribution in [2.24, 2.45) is 0 Å². The first kappa shape index (κ1) is 17.5. The maximum Gasteiger partial charge on any atom is 0.374 e. The van der Waals surface area contributed by atoms with Gasteiger partial charge >= 0.3 is 5.97 Å². The number of amides is 1. The van der Waals surface area contributed by atoms with Gasteiger partial charge in [-0.05, 0) is 32.0 Å². The predicted octanol–water partition coefficient (Wildman–Crippen LogP) is 2.11. The van der Waals surface area contributed by atoms with E-state index in [9.17, 15) is 9.59 Å². The second-order valence-corrected chi connectivity index (χ2v) is 5.41. The van der Waals surface area contributed by atoms with Crippen LogP contribution in [0, 0.1) is 0 Å². The molecular formula is C17H21N3O4. The van der Waals surface area contributed by atoms with Gasteiger partial charge in [-0.2, -0.15) is 5.10 Å². The van der Waals surface area contributed by atoms with E-state index < -0.39 is 5.97 Å². The highest BCUT2D eigenvalue weighted by Gasteiger charge is 2.17. The topological polar surface area (TPSA) is 77.6 Å². The first-order chi connectivity index (χ1) is 11.5. The molecule has 0 aliphatic carbocycles. The third-order valence-electron chi connectivity index (χ3n) is 3.26. The van der Waals surface area contributed by atoms with Crippen LogP contribution in [0.5, 0.6) is 0 Å². The van der Waals surface area contributed by atoms with Gasteiger partial charge in [-0.1, -0.05) is 12.2 Å². The van der Waals surface area contributed by atoms with E-state index in [0.717, 1.165) is 5.57 Å². The van der Waals surface area contributed by atoms with Gasteiger partial charge in [0.2, 0.25) is 5.76 Å². The van der Waals surface area contributed by atoms with Crippen molar-refractivity contribution in [3.63, 3.8) is 0 Å². The lowest BCUT2D eigenvalue weighted by molar-refractivity contribution is -0.134. The van der Waals surface area contributed by atoms with Gasteiger partial charge in [0.15, 0.2) is 6.61 Å². The van der Waals surface area contributed by atoms with Crippen LogP contribution in [0.3, 0.4) is 0 Å². The van der Waals surface area contributed by atoms with E-state index in [1.165, 1.54) is 6.07 Å². The van der Waals surface area contributed by atoms with Crippen molar-refractivity contribution in [3.8, 4) is 0 Å². The van der Waals surface area contributed by atoms with E-state index in [4.69, 9.17) is 9.15 Å². The summed E-state index contributed by atoms with van der Waals surface area (Å²) in [5.41, 5.74) is 0.867. The van der Waals surface area contributed by atoms with Crippen molar-refractivity contribution in [2.75, 3.05) is 19.7 Å². The Morgan fingerprint density at radius 2 is 2.21 bits per heavy atom. The number of rotatable bonds is 8. The molecule has 0 aromatic carbocycles. The number of furan rings is 1. The number of hydrogen-bond acceptors (Lipinski definition) is 5. The zero-order valence-corrected chi connectivity index (χ0v) is 13.9. The van der Waals surface area contributed by atoms with Crippen LogP contribution in [-0.2, 0) is 16.1 Å². The van der Waals surface area contributed by atoms with E-state index in [1.807, 2.05) is 13.8 Å². The summed E-state index contributed by atoms with van der Waals surface area (Å²) >= 11 is 0. The number of nitrogens with zero attached hydrogens (tertiary/aromatic N) is 3. The number of carbonyl (C=O) groups is 2. The highest BCUT2D eigenvalue weighted by Crippen LogP contribution is 2.11. The van der Waals surface area contributed by atoms with E-state index in [2.05, 4.69) is 11.7 Å². The zero-order valence-electron chi connectivity index (χ0n) is 13.9. The molecule has 2 aromatic heterocycles. The van der Waals surface area contributed by atoms with Gasteiger partial charge in [0.1, 0.15) is 5.76 Å². The van der Waals surface area contributed by atoms with Gasteiger partial charge in [0.25, 0.3) is 5.91 Å². The first-order valence-corrected chi connectivity index (χ1v) is 7.65. The number of hydrogen-bond donors (Lipinski definition) is 0. The second kappa shape index (κ2) is 8.14. The Kier molecular flexibility index (Phi) is 5.95. The Morgan fingerprint density at radius 3 is 2.83 bits per heavy atom. The molecule has 128 valence electrons. The average molecular weight is 331 g/mol. The number of esters is 1. The quantitative estimate of drug-likeness (QED) is 0.547. The second-order valence-electron chi connectivity index (χ2n) is 5.41. The number of carbonyl (C=O) groups excluding carboxylic acids is 2. The zero-order chi connectivity index (χ0) is 17.5. The minimum absolute atomic E-state index is 0.0629. The monoisotopic (exact) mass is 331 g/mol. The van der Waals surface area contributed by atoms with Crippen LogP contribution in [0.25, 0.3) is 0 Å². The minimum atomic E-state index is -0.665. The summed E-state index contributed by atoms with van der Waals surface area (Å²) in [7, 11) is 0. The summed E-state index contributed by atoms with van der Waals surface area (Å²) in [6.45, 7) is 8.54. The van der Waals surface area contributed by atoms with Crippen molar-refractivity contribution < 1.29 is 18.7 Å². The van der Waals surface area contributed by atoms with Gasteiger partial charge in [-0.15, -0.1) is 0 Å². The molecule has 24 heavy (non-hydrogen) atoms. The molecular weight excluding hydrogens is 310 g/mol. The van der Waals surface area contributed by atoms with Crippen molar-refractivity contribution in [2.45, 2.75) is 20.4 Å². The third-order valence-corrected chi connectivity index (χ3v) is 3.26. The fourth-order valence-corrected chi connectivity index (χ4v) is 2.12. The standard InChI is InChI=1S/C17H21N3O4/c1-4-19(10-13(2)3)16(21)12-23-17(22)15-7-6-14(24-15)11-20-9-5-8-18-20/h5-9H,2,4,10-12H2,1,3H3. The molecule has 0 unspecified atom stereocenters. The van der Waals surface area contributed by atoms with Gasteiger partial charge in [0, 0.05) is 25.5 Å². The maximum atomic E-state index is 12.0.